The van der Waals surface area contributed by atoms with E-state index in [9.17, 15) is 4.79 Å². The fourth-order valence-corrected chi connectivity index (χ4v) is 2.85. The maximum absolute atomic E-state index is 11.6. The van der Waals surface area contributed by atoms with E-state index in [0.29, 0.717) is 17.9 Å². The normalized spacial score (nSPS) is 9.80. The van der Waals surface area contributed by atoms with Gasteiger partial charge in [0.1, 0.15) is 5.75 Å². The van der Waals surface area contributed by atoms with Crippen molar-refractivity contribution in [3.63, 3.8) is 0 Å². The Balaban J connectivity index is 1.75. The summed E-state index contributed by atoms with van der Waals surface area (Å²) in [5, 5.41) is 13.4. The maximum Gasteiger partial charge on any atom is 0.258 e. The zero-order chi connectivity index (χ0) is 14.4. The van der Waals surface area contributed by atoms with Gasteiger partial charge >= 0.3 is 0 Å². The lowest BCUT2D eigenvalue weighted by atomic mass is 10.2. The molecule has 0 saturated carbocycles. The predicted molar refractivity (Wildman–Crippen MR) is 80.5 cm³/mol. The van der Waals surface area contributed by atoms with E-state index in [0.717, 1.165) is 9.35 Å². The van der Waals surface area contributed by atoms with E-state index in [1.807, 2.05) is 17.5 Å². The zero-order valence-corrected chi connectivity index (χ0v) is 12.8. The average molecular weight is 351 g/mol. The van der Waals surface area contributed by atoms with Gasteiger partial charge in [0, 0.05) is 14.7 Å². The number of benzene rings is 1. The molecule has 0 aliphatic heterocycles. The van der Waals surface area contributed by atoms with Crippen LogP contribution in [0.3, 0.4) is 0 Å². The Morgan fingerprint density at radius 2 is 2.15 bits per heavy atom. The van der Waals surface area contributed by atoms with Crippen LogP contribution in [0.25, 0.3) is 0 Å². The first kappa shape index (κ1) is 14.6. The van der Waals surface area contributed by atoms with Crippen LogP contribution in [-0.4, -0.2) is 12.5 Å². The zero-order valence-electron chi connectivity index (χ0n) is 10.4. The third-order valence-electron chi connectivity index (χ3n) is 2.43. The van der Waals surface area contributed by atoms with Gasteiger partial charge in [0.15, 0.2) is 6.61 Å². The van der Waals surface area contributed by atoms with Crippen molar-refractivity contribution in [2.45, 2.75) is 6.54 Å². The van der Waals surface area contributed by atoms with Gasteiger partial charge in [-0.25, -0.2) is 0 Å². The molecule has 6 heteroatoms. The van der Waals surface area contributed by atoms with Crippen LogP contribution in [0.1, 0.15) is 10.4 Å². The molecule has 1 N–H and O–H groups in total. The van der Waals surface area contributed by atoms with Gasteiger partial charge in [-0.2, -0.15) is 5.26 Å². The second-order valence-corrected chi connectivity index (χ2v) is 5.84. The number of halogens is 1. The van der Waals surface area contributed by atoms with Crippen molar-refractivity contribution >= 4 is 33.2 Å². The molecule has 102 valence electrons. The topological polar surface area (TPSA) is 62.1 Å². The van der Waals surface area contributed by atoms with Gasteiger partial charge in [0.2, 0.25) is 0 Å². The van der Waals surface area contributed by atoms with Crippen LogP contribution < -0.4 is 10.1 Å². The quantitative estimate of drug-likeness (QED) is 0.901. The lowest BCUT2D eigenvalue weighted by molar-refractivity contribution is -0.123. The van der Waals surface area contributed by atoms with Crippen LogP contribution in [0.5, 0.6) is 5.75 Å². The highest BCUT2D eigenvalue weighted by Crippen LogP contribution is 2.19. The van der Waals surface area contributed by atoms with Crippen molar-refractivity contribution in [2.24, 2.45) is 0 Å². The van der Waals surface area contributed by atoms with Crippen LogP contribution in [-0.2, 0) is 11.3 Å². The third kappa shape index (κ3) is 4.37. The second kappa shape index (κ2) is 7.08. The maximum atomic E-state index is 11.6. The number of amides is 1. The van der Waals surface area contributed by atoms with Crippen molar-refractivity contribution in [1.82, 2.24) is 5.32 Å². The molecule has 2 aromatic rings. The molecule has 0 fully saturated rings. The summed E-state index contributed by atoms with van der Waals surface area (Å²) in [5.41, 5.74) is 0.560. The molecule has 0 aliphatic carbocycles. The Kier molecular flexibility index (Phi) is 5.16. The van der Waals surface area contributed by atoms with Crippen LogP contribution >= 0.6 is 27.3 Å². The molecule has 1 amide bonds. The fraction of sp³-hybridized carbons (Fsp3) is 0.143. The Bertz CT molecular complexity index is 631. The Morgan fingerprint density at radius 3 is 2.75 bits per heavy atom. The summed E-state index contributed by atoms with van der Waals surface area (Å²) >= 11 is 4.94. The first-order chi connectivity index (χ1) is 9.67. The Hall–Kier alpha value is -1.84. The van der Waals surface area contributed by atoms with E-state index in [2.05, 4.69) is 21.2 Å². The number of nitrogens with zero attached hydrogens (tertiary/aromatic N) is 1. The SMILES string of the molecule is N#Cc1ccc(OCC(=O)NCc2cc(Br)cs2)cc1. The second-order valence-electron chi connectivity index (χ2n) is 3.93. The molecule has 1 heterocycles. The highest BCUT2D eigenvalue weighted by molar-refractivity contribution is 9.10. The monoisotopic (exact) mass is 350 g/mol. The molecule has 1 aromatic heterocycles. The van der Waals surface area contributed by atoms with E-state index in [-0.39, 0.29) is 12.5 Å². The molecule has 0 radical (unpaired) electrons. The third-order valence-corrected chi connectivity index (χ3v) is 4.13. The van der Waals surface area contributed by atoms with Crippen molar-refractivity contribution in [1.29, 1.82) is 5.26 Å². The average Bonchev–Trinajstić information content (AvgIpc) is 2.89. The number of thiophene rings is 1. The first-order valence-electron chi connectivity index (χ1n) is 5.80. The molecule has 2 rings (SSSR count). The lowest BCUT2D eigenvalue weighted by Gasteiger charge is -2.06. The minimum Gasteiger partial charge on any atom is -0.484 e. The summed E-state index contributed by atoms with van der Waals surface area (Å²) in [5.74, 6) is 0.386. The summed E-state index contributed by atoms with van der Waals surface area (Å²) in [6.45, 7) is 0.449. The Morgan fingerprint density at radius 1 is 1.40 bits per heavy atom. The first-order valence-corrected chi connectivity index (χ1v) is 7.47. The molecule has 0 saturated heterocycles. The van der Waals surface area contributed by atoms with Crippen molar-refractivity contribution in [2.75, 3.05) is 6.61 Å². The molecule has 0 unspecified atom stereocenters. The molecule has 0 atom stereocenters. The molecule has 0 bridgehead atoms. The number of rotatable bonds is 5. The van der Waals surface area contributed by atoms with E-state index < -0.39 is 0 Å². The standard InChI is InChI=1S/C14H11BrN2O2S/c15-11-5-13(20-9-11)7-17-14(18)8-19-12-3-1-10(6-16)2-4-12/h1-5,9H,7-8H2,(H,17,18). The smallest absolute Gasteiger partial charge is 0.258 e. The number of nitriles is 1. The summed E-state index contributed by atoms with van der Waals surface area (Å²) < 4.78 is 6.35. The van der Waals surface area contributed by atoms with Crippen LogP contribution in [0, 0.1) is 11.3 Å². The van der Waals surface area contributed by atoms with E-state index in [4.69, 9.17) is 10.00 Å². The molecular weight excluding hydrogens is 340 g/mol. The van der Waals surface area contributed by atoms with Gasteiger partial charge in [0.05, 0.1) is 18.2 Å². The van der Waals surface area contributed by atoms with Gasteiger partial charge < -0.3 is 10.1 Å². The van der Waals surface area contributed by atoms with Crippen molar-refractivity contribution in [3.05, 3.63) is 50.6 Å². The molecule has 4 nitrogen and oxygen atoms in total. The van der Waals surface area contributed by atoms with Crippen LogP contribution in [0.2, 0.25) is 0 Å². The highest BCUT2D eigenvalue weighted by Gasteiger charge is 2.04. The van der Waals surface area contributed by atoms with Gasteiger partial charge in [-0.15, -0.1) is 11.3 Å². The summed E-state index contributed by atoms with van der Waals surface area (Å²) in [6.07, 6.45) is 0. The minimum absolute atomic E-state index is 0.0432. The number of hydrogen-bond acceptors (Lipinski definition) is 4. The number of carbonyl (C=O) groups excluding carboxylic acids is 1. The number of ether oxygens (including phenoxy) is 1. The van der Waals surface area contributed by atoms with Crippen molar-refractivity contribution in [3.8, 4) is 11.8 Å². The highest BCUT2D eigenvalue weighted by atomic mass is 79.9. The largest absolute Gasteiger partial charge is 0.484 e. The minimum atomic E-state index is -0.182. The predicted octanol–water partition coefficient (Wildman–Crippen LogP) is 3.08. The van der Waals surface area contributed by atoms with E-state index in [1.165, 1.54) is 0 Å². The molecule has 0 aliphatic rings. The van der Waals surface area contributed by atoms with Gasteiger partial charge in [-0.05, 0) is 46.3 Å². The molecule has 20 heavy (non-hydrogen) atoms. The fourth-order valence-electron chi connectivity index (χ4n) is 1.46. The van der Waals surface area contributed by atoms with Crippen molar-refractivity contribution < 1.29 is 9.53 Å². The van der Waals surface area contributed by atoms with Gasteiger partial charge in [0.25, 0.3) is 5.91 Å². The molecule has 1 aromatic carbocycles. The summed E-state index contributed by atoms with van der Waals surface area (Å²) in [6, 6.07) is 10.6. The number of nitrogens with one attached hydrogen (secondary N) is 1. The van der Waals surface area contributed by atoms with E-state index >= 15 is 0 Å². The number of carbonyl (C=O) groups is 1. The van der Waals surface area contributed by atoms with Gasteiger partial charge in [-0.3, -0.25) is 4.79 Å². The van der Waals surface area contributed by atoms with Gasteiger partial charge in [-0.1, -0.05) is 0 Å². The molecular formula is C14H11BrN2O2S. The van der Waals surface area contributed by atoms with Crippen LogP contribution in [0.4, 0.5) is 0 Å². The lowest BCUT2D eigenvalue weighted by Crippen LogP contribution is -2.28. The molecule has 0 spiro atoms. The summed E-state index contributed by atoms with van der Waals surface area (Å²) in [7, 11) is 0. The van der Waals surface area contributed by atoms with Crippen LogP contribution in [0.15, 0.2) is 40.2 Å². The Labute approximate surface area is 129 Å². The van der Waals surface area contributed by atoms with E-state index in [1.54, 1.807) is 35.6 Å². The number of hydrogen-bond donors (Lipinski definition) is 1. The summed E-state index contributed by atoms with van der Waals surface area (Å²) in [4.78, 5) is 12.7.